The molecule has 0 unspecified atom stereocenters. The van der Waals surface area contributed by atoms with E-state index < -0.39 is 0 Å². The molecule has 3 nitrogen and oxygen atoms in total. The van der Waals surface area contributed by atoms with Gasteiger partial charge in [0.1, 0.15) is 0 Å². The number of hydrogen-bond donors (Lipinski definition) is 2. The van der Waals surface area contributed by atoms with Crippen LogP contribution >= 0.6 is 24.0 Å². The van der Waals surface area contributed by atoms with E-state index in [2.05, 4.69) is 10.6 Å². The van der Waals surface area contributed by atoms with E-state index in [-0.39, 0.29) is 24.4 Å². The van der Waals surface area contributed by atoms with E-state index in [4.69, 9.17) is 11.6 Å². The summed E-state index contributed by atoms with van der Waals surface area (Å²) < 4.78 is 0. The van der Waals surface area contributed by atoms with Gasteiger partial charge in [0.15, 0.2) is 0 Å². The molecule has 2 N–H and O–H groups in total. The first kappa shape index (κ1) is 16.2. The predicted molar refractivity (Wildman–Crippen MR) is 74.2 cm³/mol. The molecule has 1 rings (SSSR count). The highest BCUT2D eigenvalue weighted by Crippen LogP contribution is 2.10. The van der Waals surface area contributed by atoms with Crippen molar-refractivity contribution >= 4 is 29.9 Å². The van der Waals surface area contributed by atoms with Gasteiger partial charge >= 0.3 is 0 Å². The molecular weight excluding hydrogens is 259 g/mol. The van der Waals surface area contributed by atoms with Gasteiger partial charge in [0.25, 0.3) is 5.91 Å². The molecule has 96 valence electrons. The molecule has 1 aromatic rings. The molecule has 0 saturated carbocycles. The number of halogens is 2. The van der Waals surface area contributed by atoms with E-state index in [9.17, 15) is 4.79 Å². The SMILES string of the molecule is CCN[C@H](C)CNC(=O)c1cccc(Cl)c1.Cl. The highest BCUT2D eigenvalue weighted by Gasteiger charge is 2.07. The van der Waals surface area contributed by atoms with Crippen molar-refractivity contribution in [1.82, 2.24) is 10.6 Å². The van der Waals surface area contributed by atoms with E-state index in [1.807, 2.05) is 13.8 Å². The zero-order valence-electron chi connectivity index (χ0n) is 10.00. The highest BCUT2D eigenvalue weighted by atomic mass is 35.5. The van der Waals surface area contributed by atoms with Gasteiger partial charge in [-0.1, -0.05) is 24.6 Å². The van der Waals surface area contributed by atoms with Gasteiger partial charge in [0.2, 0.25) is 0 Å². The molecule has 1 atom stereocenters. The van der Waals surface area contributed by atoms with Crippen LogP contribution in [0.4, 0.5) is 0 Å². The number of benzene rings is 1. The highest BCUT2D eigenvalue weighted by molar-refractivity contribution is 6.30. The lowest BCUT2D eigenvalue weighted by atomic mass is 10.2. The Labute approximate surface area is 113 Å². The first-order chi connectivity index (χ1) is 7.63. The van der Waals surface area contributed by atoms with Gasteiger partial charge in [0, 0.05) is 23.2 Å². The molecule has 17 heavy (non-hydrogen) atoms. The summed E-state index contributed by atoms with van der Waals surface area (Å²) in [5.41, 5.74) is 0.594. The molecule has 0 aromatic heterocycles. The fraction of sp³-hybridized carbons (Fsp3) is 0.417. The molecule has 0 aliphatic carbocycles. The van der Waals surface area contributed by atoms with Gasteiger partial charge in [-0.25, -0.2) is 0 Å². The molecule has 5 heteroatoms. The van der Waals surface area contributed by atoms with Gasteiger partial charge in [-0.2, -0.15) is 0 Å². The number of likely N-dealkylation sites (N-methyl/N-ethyl adjacent to an activating group) is 1. The minimum atomic E-state index is -0.0905. The number of nitrogens with one attached hydrogen (secondary N) is 2. The number of hydrogen-bond acceptors (Lipinski definition) is 2. The molecule has 0 aliphatic rings. The lowest BCUT2D eigenvalue weighted by molar-refractivity contribution is 0.0950. The van der Waals surface area contributed by atoms with Gasteiger partial charge < -0.3 is 10.6 Å². The summed E-state index contributed by atoms with van der Waals surface area (Å²) in [7, 11) is 0. The smallest absolute Gasteiger partial charge is 0.251 e. The van der Waals surface area contributed by atoms with Crippen LogP contribution in [0, 0.1) is 0 Å². The maximum absolute atomic E-state index is 11.7. The molecule has 0 spiro atoms. The van der Waals surface area contributed by atoms with Gasteiger partial charge in [0.05, 0.1) is 0 Å². The fourth-order valence-corrected chi connectivity index (χ4v) is 1.59. The summed E-state index contributed by atoms with van der Waals surface area (Å²) in [4.78, 5) is 11.7. The van der Waals surface area contributed by atoms with Crippen LogP contribution < -0.4 is 10.6 Å². The second-order valence-electron chi connectivity index (χ2n) is 3.68. The van der Waals surface area contributed by atoms with Crippen LogP contribution in [0.25, 0.3) is 0 Å². The Morgan fingerprint density at radius 3 is 2.76 bits per heavy atom. The first-order valence-corrected chi connectivity index (χ1v) is 5.78. The average Bonchev–Trinajstić information content (AvgIpc) is 2.26. The Morgan fingerprint density at radius 1 is 1.47 bits per heavy atom. The summed E-state index contributed by atoms with van der Waals surface area (Å²) in [6.07, 6.45) is 0. The Balaban J connectivity index is 0.00000256. The van der Waals surface area contributed by atoms with E-state index in [1.165, 1.54) is 0 Å². The standard InChI is InChI=1S/C12H17ClN2O.ClH/c1-3-14-9(2)8-15-12(16)10-5-4-6-11(13)7-10;/h4-7,9,14H,3,8H2,1-2H3,(H,15,16);1H/t9-;/m1./s1. The third-order valence-electron chi connectivity index (χ3n) is 2.21. The zero-order chi connectivity index (χ0) is 12.0. The van der Waals surface area contributed by atoms with Crippen LogP contribution in [0.15, 0.2) is 24.3 Å². The van der Waals surface area contributed by atoms with Gasteiger partial charge in [-0.05, 0) is 31.7 Å². The van der Waals surface area contributed by atoms with E-state index >= 15 is 0 Å². The maximum Gasteiger partial charge on any atom is 0.251 e. The third kappa shape index (κ3) is 5.91. The van der Waals surface area contributed by atoms with E-state index in [0.717, 1.165) is 6.54 Å². The van der Waals surface area contributed by atoms with E-state index in [1.54, 1.807) is 24.3 Å². The van der Waals surface area contributed by atoms with Crippen molar-refractivity contribution in [3.63, 3.8) is 0 Å². The van der Waals surface area contributed by atoms with Crippen molar-refractivity contribution < 1.29 is 4.79 Å². The lowest BCUT2D eigenvalue weighted by Crippen LogP contribution is -2.38. The Bertz CT molecular complexity index is 358. The molecule has 0 heterocycles. The Kier molecular flexibility index (Phi) is 7.96. The monoisotopic (exact) mass is 276 g/mol. The van der Waals surface area contributed by atoms with Crippen LogP contribution in [0.5, 0.6) is 0 Å². The number of amides is 1. The van der Waals surface area contributed by atoms with Crippen molar-refractivity contribution in [2.45, 2.75) is 19.9 Å². The minimum Gasteiger partial charge on any atom is -0.350 e. The van der Waals surface area contributed by atoms with Crippen LogP contribution in [0.2, 0.25) is 5.02 Å². The van der Waals surface area contributed by atoms with E-state index in [0.29, 0.717) is 17.1 Å². The van der Waals surface area contributed by atoms with Crippen molar-refractivity contribution in [3.8, 4) is 0 Å². The fourth-order valence-electron chi connectivity index (χ4n) is 1.40. The number of carbonyl (C=O) groups excluding carboxylic acids is 1. The molecule has 0 radical (unpaired) electrons. The van der Waals surface area contributed by atoms with Crippen LogP contribution in [-0.2, 0) is 0 Å². The largest absolute Gasteiger partial charge is 0.350 e. The molecular formula is C12H18Cl2N2O. The Morgan fingerprint density at radius 2 is 2.18 bits per heavy atom. The first-order valence-electron chi connectivity index (χ1n) is 5.40. The molecule has 0 fully saturated rings. The van der Waals surface area contributed by atoms with Gasteiger partial charge in [-0.15, -0.1) is 12.4 Å². The molecule has 1 aromatic carbocycles. The predicted octanol–water partition coefficient (Wildman–Crippen LogP) is 2.49. The molecule has 0 saturated heterocycles. The maximum atomic E-state index is 11.7. The van der Waals surface area contributed by atoms with Crippen LogP contribution in [-0.4, -0.2) is 25.0 Å². The normalized spacial score (nSPS) is 11.5. The van der Waals surface area contributed by atoms with Crippen LogP contribution in [0.3, 0.4) is 0 Å². The molecule has 0 bridgehead atoms. The number of rotatable bonds is 5. The summed E-state index contributed by atoms with van der Waals surface area (Å²) in [5.74, 6) is -0.0905. The minimum absolute atomic E-state index is 0. The summed E-state index contributed by atoms with van der Waals surface area (Å²) in [5, 5.41) is 6.65. The summed E-state index contributed by atoms with van der Waals surface area (Å²) >= 11 is 5.81. The van der Waals surface area contributed by atoms with Crippen LogP contribution in [0.1, 0.15) is 24.2 Å². The van der Waals surface area contributed by atoms with Crippen molar-refractivity contribution in [2.24, 2.45) is 0 Å². The summed E-state index contributed by atoms with van der Waals surface area (Å²) in [6.45, 7) is 5.57. The summed E-state index contributed by atoms with van der Waals surface area (Å²) in [6, 6.07) is 7.20. The number of carbonyl (C=O) groups is 1. The second-order valence-corrected chi connectivity index (χ2v) is 4.12. The molecule has 0 aliphatic heterocycles. The zero-order valence-corrected chi connectivity index (χ0v) is 11.6. The van der Waals surface area contributed by atoms with Crippen molar-refractivity contribution in [2.75, 3.05) is 13.1 Å². The average molecular weight is 277 g/mol. The Hall–Kier alpha value is -0.770. The lowest BCUT2D eigenvalue weighted by Gasteiger charge is -2.13. The quantitative estimate of drug-likeness (QED) is 0.868. The topological polar surface area (TPSA) is 41.1 Å². The molecule has 1 amide bonds. The van der Waals surface area contributed by atoms with Gasteiger partial charge in [-0.3, -0.25) is 4.79 Å². The van der Waals surface area contributed by atoms with Crippen molar-refractivity contribution in [3.05, 3.63) is 34.9 Å². The third-order valence-corrected chi connectivity index (χ3v) is 2.44. The van der Waals surface area contributed by atoms with Crippen molar-refractivity contribution in [1.29, 1.82) is 0 Å². The second kappa shape index (κ2) is 8.34.